The second-order valence-corrected chi connectivity index (χ2v) is 6.76. The van der Waals surface area contributed by atoms with Crippen LogP contribution >= 0.6 is 0 Å². The predicted octanol–water partition coefficient (Wildman–Crippen LogP) is 2.13. The second-order valence-electron chi connectivity index (χ2n) is 5.16. The summed E-state index contributed by atoms with van der Waals surface area (Å²) in [5.74, 6) is -1.15. The molecule has 1 unspecified atom stereocenters. The summed E-state index contributed by atoms with van der Waals surface area (Å²) in [6.07, 6.45) is 4.09. The highest BCUT2D eigenvalue weighted by molar-refractivity contribution is 7.87. The minimum absolute atomic E-state index is 0.144. The number of hydrogen-bond acceptors (Lipinski definition) is 3. The topological polar surface area (TPSA) is 74.7 Å². The van der Waals surface area contributed by atoms with E-state index in [4.69, 9.17) is 4.55 Å². The third kappa shape index (κ3) is 3.45. The van der Waals surface area contributed by atoms with Crippen LogP contribution in [0.1, 0.15) is 51.9 Å². The third-order valence-corrected chi connectivity index (χ3v) is 4.94. The summed E-state index contributed by atoms with van der Waals surface area (Å²) in [6.45, 7) is 1.56. The maximum Gasteiger partial charge on any atom is 0.312 e. The van der Waals surface area contributed by atoms with Gasteiger partial charge in [-0.25, -0.2) is 4.39 Å². The molecule has 112 valence electrons. The lowest BCUT2D eigenvalue weighted by atomic mass is 9.94. The molecule has 1 fully saturated rings. The number of amides is 1. The molecule has 0 aromatic rings. The molecule has 0 aromatic heterocycles. The van der Waals surface area contributed by atoms with Crippen LogP contribution in [0.4, 0.5) is 4.39 Å². The molecule has 1 amide bonds. The molecule has 0 spiro atoms. The maximum absolute atomic E-state index is 14.5. The summed E-state index contributed by atoms with van der Waals surface area (Å²) < 4.78 is 45.9. The van der Waals surface area contributed by atoms with E-state index in [1.165, 1.54) is 7.05 Å². The molecule has 1 rings (SSSR count). The van der Waals surface area contributed by atoms with Crippen LogP contribution in [0, 0.1) is 0 Å². The van der Waals surface area contributed by atoms with Gasteiger partial charge in [0.2, 0.25) is 0 Å². The first-order valence-electron chi connectivity index (χ1n) is 6.67. The molecule has 7 heteroatoms. The second kappa shape index (κ2) is 6.17. The van der Waals surface area contributed by atoms with Crippen LogP contribution in [0.25, 0.3) is 0 Å². The van der Waals surface area contributed by atoms with Crippen molar-refractivity contribution in [3.63, 3.8) is 0 Å². The van der Waals surface area contributed by atoms with Gasteiger partial charge >= 0.3 is 15.1 Å². The van der Waals surface area contributed by atoms with Crippen LogP contribution in [-0.2, 0) is 14.9 Å². The van der Waals surface area contributed by atoms with Crippen molar-refractivity contribution < 1.29 is 22.2 Å². The van der Waals surface area contributed by atoms with Crippen molar-refractivity contribution >= 4 is 16.0 Å². The van der Waals surface area contributed by atoms with E-state index in [1.807, 2.05) is 0 Å². The van der Waals surface area contributed by atoms with Gasteiger partial charge in [0.15, 0.2) is 0 Å². The predicted molar refractivity (Wildman–Crippen MR) is 69.9 cm³/mol. The van der Waals surface area contributed by atoms with E-state index in [9.17, 15) is 17.6 Å². The molecule has 0 bridgehead atoms. The van der Waals surface area contributed by atoms with E-state index in [0.29, 0.717) is 0 Å². The molecule has 1 saturated carbocycles. The quantitative estimate of drug-likeness (QED) is 0.788. The van der Waals surface area contributed by atoms with Gasteiger partial charge in [0.05, 0.1) is 0 Å². The number of halogens is 1. The first-order valence-corrected chi connectivity index (χ1v) is 8.11. The number of carbonyl (C=O) groups excluding carboxylic acids is 1. The number of carbonyl (C=O) groups is 1. The molecule has 0 heterocycles. The van der Waals surface area contributed by atoms with Crippen molar-refractivity contribution in [1.29, 1.82) is 0 Å². The van der Waals surface area contributed by atoms with Crippen LogP contribution in [0.3, 0.4) is 0 Å². The molecule has 1 aliphatic carbocycles. The Kier molecular flexibility index (Phi) is 5.32. The van der Waals surface area contributed by atoms with Gasteiger partial charge in [0.25, 0.3) is 5.91 Å². The average Bonchev–Trinajstić information content (AvgIpc) is 2.37. The standard InChI is InChI=1S/C12H22FNO4S/c1-3-9-12(13,19(16,17)18)11(15)14(2)10-7-5-4-6-8-10/h10H,3-9H2,1-2H3,(H,16,17,18). The van der Waals surface area contributed by atoms with Crippen LogP contribution < -0.4 is 0 Å². The van der Waals surface area contributed by atoms with Crippen LogP contribution in [-0.4, -0.2) is 41.9 Å². The van der Waals surface area contributed by atoms with E-state index < -0.39 is 27.4 Å². The normalized spacial score (nSPS) is 20.8. The highest BCUT2D eigenvalue weighted by atomic mass is 32.2. The zero-order valence-electron chi connectivity index (χ0n) is 11.4. The molecular weight excluding hydrogens is 273 g/mol. The first-order chi connectivity index (χ1) is 8.74. The summed E-state index contributed by atoms with van der Waals surface area (Å²) in [7, 11) is -3.66. The van der Waals surface area contributed by atoms with Crippen molar-refractivity contribution in [2.75, 3.05) is 7.05 Å². The van der Waals surface area contributed by atoms with Crippen molar-refractivity contribution in [2.24, 2.45) is 0 Å². The smallest absolute Gasteiger partial charge is 0.312 e. The monoisotopic (exact) mass is 295 g/mol. The fourth-order valence-corrected chi connectivity index (χ4v) is 3.39. The third-order valence-electron chi connectivity index (χ3n) is 3.74. The summed E-state index contributed by atoms with van der Waals surface area (Å²) in [5, 5.41) is -3.21. The van der Waals surface area contributed by atoms with Gasteiger partial charge in [0.1, 0.15) is 0 Å². The molecule has 0 aliphatic heterocycles. The fraction of sp³-hybridized carbons (Fsp3) is 0.917. The Morgan fingerprint density at radius 2 is 1.89 bits per heavy atom. The van der Waals surface area contributed by atoms with E-state index in [0.717, 1.165) is 37.0 Å². The summed E-state index contributed by atoms with van der Waals surface area (Å²) in [5.41, 5.74) is 0. The van der Waals surface area contributed by atoms with Gasteiger partial charge in [-0.1, -0.05) is 32.6 Å². The summed E-state index contributed by atoms with van der Waals surface area (Å²) in [4.78, 5) is 13.3. The van der Waals surface area contributed by atoms with Crippen LogP contribution in [0.2, 0.25) is 0 Å². The van der Waals surface area contributed by atoms with Gasteiger partial charge in [0, 0.05) is 19.5 Å². The van der Waals surface area contributed by atoms with Gasteiger partial charge in [-0.05, 0) is 12.8 Å². The number of hydrogen-bond donors (Lipinski definition) is 1. The lowest BCUT2D eigenvalue weighted by molar-refractivity contribution is -0.140. The van der Waals surface area contributed by atoms with Crippen LogP contribution in [0.5, 0.6) is 0 Å². The van der Waals surface area contributed by atoms with Gasteiger partial charge in [-0.2, -0.15) is 8.42 Å². The van der Waals surface area contributed by atoms with E-state index in [-0.39, 0.29) is 12.5 Å². The Labute approximate surface area is 113 Å². The number of rotatable bonds is 5. The Balaban J connectivity index is 2.93. The largest absolute Gasteiger partial charge is 0.339 e. The number of nitrogens with zero attached hydrogens (tertiary/aromatic N) is 1. The first kappa shape index (κ1) is 16.4. The Morgan fingerprint density at radius 3 is 2.32 bits per heavy atom. The van der Waals surface area contributed by atoms with Crippen molar-refractivity contribution in [3.8, 4) is 0 Å². The van der Waals surface area contributed by atoms with Crippen LogP contribution in [0.15, 0.2) is 0 Å². The summed E-state index contributed by atoms with van der Waals surface area (Å²) in [6, 6.07) is -0.144. The Bertz CT molecular complexity index is 419. The summed E-state index contributed by atoms with van der Waals surface area (Å²) >= 11 is 0. The van der Waals surface area contributed by atoms with Gasteiger partial charge in [-0.3, -0.25) is 9.35 Å². The minimum atomic E-state index is -5.07. The molecule has 0 saturated heterocycles. The lowest BCUT2D eigenvalue weighted by Gasteiger charge is -2.34. The molecule has 5 nitrogen and oxygen atoms in total. The highest BCUT2D eigenvalue weighted by Gasteiger charge is 2.52. The van der Waals surface area contributed by atoms with Crippen molar-refractivity contribution in [1.82, 2.24) is 4.90 Å². The number of alkyl halides is 1. The molecule has 1 aliphatic rings. The minimum Gasteiger partial charge on any atom is -0.339 e. The molecule has 0 aromatic carbocycles. The van der Waals surface area contributed by atoms with E-state index >= 15 is 0 Å². The molecular formula is C12H22FNO4S. The average molecular weight is 295 g/mol. The zero-order chi connectivity index (χ0) is 14.7. The maximum atomic E-state index is 14.5. The van der Waals surface area contributed by atoms with Crippen molar-refractivity contribution in [2.45, 2.75) is 62.9 Å². The zero-order valence-corrected chi connectivity index (χ0v) is 12.2. The van der Waals surface area contributed by atoms with E-state index in [1.54, 1.807) is 6.92 Å². The highest BCUT2D eigenvalue weighted by Crippen LogP contribution is 2.30. The SMILES string of the molecule is CCCC(F)(C(=O)N(C)C1CCCCC1)S(=O)(=O)O. The van der Waals surface area contributed by atoms with E-state index in [2.05, 4.69) is 0 Å². The fourth-order valence-electron chi connectivity index (χ4n) is 2.57. The molecule has 0 radical (unpaired) electrons. The lowest BCUT2D eigenvalue weighted by Crippen LogP contribution is -2.52. The van der Waals surface area contributed by atoms with Crippen molar-refractivity contribution in [3.05, 3.63) is 0 Å². The molecule has 1 atom stereocenters. The van der Waals surface area contributed by atoms with Gasteiger partial charge < -0.3 is 4.90 Å². The Morgan fingerprint density at radius 1 is 1.37 bits per heavy atom. The Hall–Kier alpha value is -0.690. The molecule has 1 N–H and O–H groups in total. The van der Waals surface area contributed by atoms with Gasteiger partial charge in [-0.15, -0.1) is 0 Å². The molecule has 19 heavy (non-hydrogen) atoms.